The number of aromatic nitrogens is 2. The first-order chi connectivity index (χ1) is 9.83. The average Bonchev–Trinajstić information content (AvgIpc) is 3.19. The van der Waals surface area contributed by atoms with Crippen LogP contribution in [0.2, 0.25) is 0 Å². The van der Waals surface area contributed by atoms with E-state index < -0.39 is 0 Å². The lowest BCUT2D eigenvalue weighted by Gasteiger charge is -2.08. The Morgan fingerprint density at radius 1 is 1.35 bits per heavy atom. The molecular weight excluding hydrogens is 250 g/mol. The number of imidazole rings is 1. The smallest absolute Gasteiger partial charge is 0.176 e. The van der Waals surface area contributed by atoms with E-state index in [1.807, 2.05) is 19.2 Å². The molecule has 20 heavy (non-hydrogen) atoms. The fraction of sp³-hybridized carbons (Fsp3) is 0.312. The van der Waals surface area contributed by atoms with Crippen LogP contribution in [0.15, 0.2) is 41.0 Å². The van der Waals surface area contributed by atoms with E-state index in [1.165, 1.54) is 17.5 Å². The normalized spacial score (nSPS) is 18.9. The molecule has 102 valence electrons. The molecule has 0 amide bonds. The second-order valence-corrected chi connectivity index (χ2v) is 5.41. The lowest BCUT2D eigenvalue weighted by atomic mass is 9.98. The fourth-order valence-electron chi connectivity index (χ4n) is 3.03. The summed E-state index contributed by atoms with van der Waals surface area (Å²) in [5.74, 6) is 2.32. The molecule has 0 spiro atoms. The van der Waals surface area contributed by atoms with Crippen LogP contribution in [0.1, 0.15) is 17.9 Å². The highest BCUT2D eigenvalue weighted by molar-refractivity contribution is 5.80. The number of aryl methyl sites for hydroxylation is 1. The van der Waals surface area contributed by atoms with Crippen molar-refractivity contribution in [1.82, 2.24) is 14.9 Å². The Kier molecular flexibility index (Phi) is 2.63. The van der Waals surface area contributed by atoms with Crippen LogP contribution < -0.4 is 5.32 Å². The van der Waals surface area contributed by atoms with Crippen LogP contribution in [-0.2, 0) is 7.05 Å². The van der Waals surface area contributed by atoms with Crippen molar-refractivity contribution < 1.29 is 4.42 Å². The lowest BCUT2D eigenvalue weighted by Crippen LogP contribution is -2.07. The maximum atomic E-state index is 5.47. The lowest BCUT2D eigenvalue weighted by molar-refractivity contribution is 0.574. The molecule has 1 N–H and O–H groups in total. The minimum absolute atomic E-state index is 0.626. The van der Waals surface area contributed by atoms with Crippen LogP contribution in [0.3, 0.4) is 0 Å². The van der Waals surface area contributed by atoms with Crippen LogP contribution in [0.4, 0.5) is 0 Å². The van der Waals surface area contributed by atoms with Gasteiger partial charge < -0.3 is 14.3 Å². The molecule has 3 aromatic rings. The minimum atomic E-state index is 0.626. The Morgan fingerprint density at radius 2 is 2.30 bits per heavy atom. The Balaban J connectivity index is 1.84. The molecule has 3 heterocycles. The number of fused-ring (bicyclic) bond motifs is 1. The van der Waals surface area contributed by atoms with E-state index in [0.29, 0.717) is 5.92 Å². The van der Waals surface area contributed by atoms with Crippen molar-refractivity contribution in [3.8, 4) is 11.6 Å². The Hall–Kier alpha value is -2.07. The van der Waals surface area contributed by atoms with Gasteiger partial charge >= 0.3 is 0 Å². The van der Waals surface area contributed by atoms with Crippen LogP contribution in [0, 0.1) is 0 Å². The molecule has 1 fully saturated rings. The van der Waals surface area contributed by atoms with E-state index in [-0.39, 0.29) is 0 Å². The summed E-state index contributed by atoms with van der Waals surface area (Å²) < 4.78 is 7.58. The SMILES string of the molecule is Cn1c(-c2ccco2)nc2ccc(C3CCNC3)cc21. The van der Waals surface area contributed by atoms with Gasteiger partial charge in [-0.05, 0) is 48.7 Å². The number of furan rings is 1. The molecule has 4 heteroatoms. The van der Waals surface area contributed by atoms with Crippen LogP contribution >= 0.6 is 0 Å². The number of rotatable bonds is 2. The first kappa shape index (κ1) is 11.7. The molecule has 0 bridgehead atoms. The predicted molar refractivity (Wildman–Crippen MR) is 78.6 cm³/mol. The third kappa shape index (κ3) is 1.76. The van der Waals surface area contributed by atoms with Gasteiger partial charge in [0.2, 0.25) is 0 Å². The van der Waals surface area contributed by atoms with Gasteiger partial charge in [0.1, 0.15) is 0 Å². The molecule has 1 aromatic carbocycles. The van der Waals surface area contributed by atoms with E-state index in [2.05, 4.69) is 33.1 Å². The van der Waals surface area contributed by atoms with Crippen molar-refractivity contribution in [3.63, 3.8) is 0 Å². The summed E-state index contributed by atoms with van der Waals surface area (Å²) in [6.07, 6.45) is 2.90. The van der Waals surface area contributed by atoms with Crippen molar-refractivity contribution in [2.75, 3.05) is 13.1 Å². The summed E-state index contributed by atoms with van der Waals surface area (Å²) >= 11 is 0. The maximum Gasteiger partial charge on any atom is 0.176 e. The highest BCUT2D eigenvalue weighted by Gasteiger charge is 2.18. The van der Waals surface area contributed by atoms with Gasteiger partial charge in [0.15, 0.2) is 11.6 Å². The molecule has 1 aliphatic rings. The van der Waals surface area contributed by atoms with Gasteiger partial charge in [-0.25, -0.2) is 4.98 Å². The quantitative estimate of drug-likeness (QED) is 0.776. The molecule has 1 atom stereocenters. The summed E-state index contributed by atoms with van der Waals surface area (Å²) in [6, 6.07) is 10.4. The Bertz CT molecular complexity index is 737. The predicted octanol–water partition coefficient (Wildman–Crippen LogP) is 2.91. The van der Waals surface area contributed by atoms with Crippen LogP contribution in [0.5, 0.6) is 0 Å². The molecule has 4 nitrogen and oxygen atoms in total. The standard InChI is InChI=1S/C16H17N3O/c1-19-14-9-11(12-6-7-17-10-12)4-5-13(14)18-16(19)15-3-2-8-20-15/h2-5,8-9,12,17H,6-7,10H2,1H3. The van der Waals surface area contributed by atoms with E-state index in [1.54, 1.807) is 6.26 Å². The van der Waals surface area contributed by atoms with Crippen LogP contribution in [0.25, 0.3) is 22.6 Å². The number of benzene rings is 1. The number of nitrogens with zero attached hydrogens (tertiary/aromatic N) is 2. The molecule has 0 aliphatic carbocycles. The summed E-state index contributed by atoms with van der Waals surface area (Å²) in [5.41, 5.74) is 3.59. The summed E-state index contributed by atoms with van der Waals surface area (Å²) in [6.45, 7) is 2.19. The zero-order valence-electron chi connectivity index (χ0n) is 11.5. The molecular formula is C16H17N3O. The van der Waals surface area contributed by atoms with Crippen molar-refractivity contribution in [2.45, 2.75) is 12.3 Å². The fourth-order valence-corrected chi connectivity index (χ4v) is 3.03. The molecule has 0 radical (unpaired) electrons. The maximum absolute atomic E-state index is 5.47. The molecule has 2 aromatic heterocycles. The second-order valence-electron chi connectivity index (χ2n) is 5.41. The largest absolute Gasteiger partial charge is 0.461 e. The summed E-state index contributed by atoms with van der Waals surface area (Å²) in [7, 11) is 2.05. The van der Waals surface area contributed by atoms with Crippen molar-refractivity contribution in [2.24, 2.45) is 7.05 Å². The minimum Gasteiger partial charge on any atom is -0.461 e. The van der Waals surface area contributed by atoms with Gasteiger partial charge in [-0.15, -0.1) is 0 Å². The molecule has 1 aliphatic heterocycles. The van der Waals surface area contributed by atoms with E-state index in [9.17, 15) is 0 Å². The van der Waals surface area contributed by atoms with Gasteiger partial charge in [-0.3, -0.25) is 0 Å². The van der Waals surface area contributed by atoms with E-state index >= 15 is 0 Å². The van der Waals surface area contributed by atoms with Gasteiger partial charge in [0.25, 0.3) is 0 Å². The average molecular weight is 267 g/mol. The summed E-state index contributed by atoms with van der Waals surface area (Å²) in [4.78, 5) is 4.68. The van der Waals surface area contributed by atoms with Gasteiger partial charge in [-0.1, -0.05) is 6.07 Å². The van der Waals surface area contributed by atoms with Gasteiger partial charge in [-0.2, -0.15) is 0 Å². The first-order valence-electron chi connectivity index (χ1n) is 7.04. The monoisotopic (exact) mass is 267 g/mol. The number of nitrogens with one attached hydrogen (secondary N) is 1. The first-order valence-corrected chi connectivity index (χ1v) is 7.04. The molecule has 1 saturated heterocycles. The van der Waals surface area contributed by atoms with Gasteiger partial charge in [0.05, 0.1) is 17.3 Å². The Labute approximate surface area is 117 Å². The number of hydrogen-bond donors (Lipinski definition) is 1. The zero-order valence-corrected chi connectivity index (χ0v) is 11.5. The Morgan fingerprint density at radius 3 is 3.05 bits per heavy atom. The van der Waals surface area contributed by atoms with E-state index in [0.717, 1.165) is 30.2 Å². The van der Waals surface area contributed by atoms with Crippen molar-refractivity contribution in [1.29, 1.82) is 0 Å². The highest BCUT2D eigenvalue weighted by Crippen LogP contribution is 2.28. The molecule has 4 rings (SSSR count). The second kappa shape index (κ2) is 4.49. The van der Waals surface area contributed by atoms with Crippen LogP contribution in [-0.4, -0.2) is 22.6 Å². The van der Waals surface area contributed by atoms with Gasteiger partial charge in [0, 0.05) is 13.6 Å². The number of hydrogen-bond acceptors (Lipinski definition) is 3. The topological polar surface area (TPSA) is 43.0 Å². The third-order valence-electron chi connectivity index (χ3n) is 4.18. The molecule has 0 saturated carbocycles. The van der Waals surface area contributed by atoms with Crippen molar-refractivity contribution in [3.05, 3.63) is 42.2 Å². The molecule has 1 unspecified atom stereocenters. The zero-order chi connectivity index (χ0) is 13.5. The summed E-state index contributed by atoms with van der Waals surface area (Å²) in [5, 5.41) is 3.42. The van der Waals surface area contributed by atoms with E-state index in [4.69, 9.17) is 4.42 Å². The highest BCUT2D eigenvalue weighted by atomic mass is 16.3. The third-order valence-corrected chi connectivity index (χ3v) is 4.18. The van der Waals surface area contributed by atoms with Crippen molar-refractivity contribution >= 4 is 11.0 Å².